The molecule has 1 aromatic heterocycles. The average molecular weight is 441 g/mol. The summed E-state index contributed by atoms with van der Waals surface area (Å²) in [5.74, 6) is -0.0406. The van der Waals surface area contributed by atoms with Gasteiger partial charge in [-0.25, -0.2) is 0 Å². The minimum atomic E-state index is -0.536. The van der Waals surface area contributed by atoms with Gasteiger partial charge in [0.25, 0.3) is 16.8 Å². The Morgan fingerprint density at radius 1 is 1.23 bits per heavy atom. The van der Waals surface area contributed by atoms with Gasteiger partial charge < -0.3 is 9.32 Å². The lowest BCUT2D eigenvalue weighted by Crippen LogP contribution is -2.40. The van der Waals surface area contributed by atoms with Crippen LogP contribution in [0.5, 0.6) is 0 Å². The van der Waals surface area contributed by atoms with Gasteiger partial charge in [-0.2, -0.15) is 0 Å². The van der Waals surface area contributed by atoms with E-state index in [0.29, 0.717) is 35.7 Å². The zero-order valence-corrected chi connectivity index (χ0v) is 17.5. The molecule has 2 saturated heterocycles. The summed E-state index contributed by atoms with van der Waals surface area (Å²) in [5, 5.41) is 10.7. The van der Waals surface area contributed by atoms with Crippen LogP contribution in [0, 0.1) is 17.0 Å². The van der Waals surface area contributed by atoms with Gasteiger partial charge in [0.2, 0.25) is 5.91 Å². The zero-order valence-electron chi connectivity index (χ0n) is 16.7. The van der Waals surface area contributed by atoms with Crippen molar-refractivity contribution in [2.24, 2.45) is 0 Å². The average Bonchev–Trinajstić information content (AvgIpc) is 3.47. The third-order valence-electron chi connectivity index (χ3n) is 5.22. The van der Waals surface area contributed by atoms with Gasteiger partial charge in [0, 0.05) is 36.4 Å². The van der Waals surface area contributed by atoms with Gasteiger partial charge in [-0.3, -0.25) is 29.4 Å². The minimum Gasteiger partial charge on any atom is -0.457 e. The van der Waals surface area contributed by atoms with E-state index >= 15 is 0 Å². The van der Waals surface area contributed by atoms with Crippen molar-refractivity contribution in [2.75, 3.05) is 19.6 Å². The quantitative estimate of drug-likeness (QED) is 0.394. The fraction of sp³-hybridized carbons (Fsp3) is 0.286. The highest BCUT2D eigenvalue weighted by Crippen LogP contribution is 2.34. The molecule has 2 aromatic rings. The maximum Gasteiger partial charge on any atom is 0.294 e. The van der Waals surface area contributed by atoms with E-state index < -0.39 is 16.1 Å². The molecule has 0 spiro atoms. The number of rotatable bonds is 5. The second kappa shape index (κ2) is 8.38. The number of imide groups is 1. The Morgan fingerprint density at radius 2 is 1.97 bits per heavy atom. The Balaban J connectivity index is 1.51. The fourth-order valence-corrected chi connectivity index (χ4v) is 4.33. The first-order valence-electron chi connectivity index (χ1n) is 9.72. The molecule has 2 aliphatic heterocycles. The molecule has 0 N–H and O–H groups in total. The lowest BCUT2D eigenvalue weighted by molar-refractivity contribution is -0.385. The van der Waals surface area contributed by atoms with Gasteiger partial charge in [0.05, 0.1) is 9.83 Å². The number of benzene rings is 1. The topological polar surface area (TPSA) is 114 Å². The van der Waals surface area contributed by atoms with Crippen LogP contribution in [0.3, 0.4) is 0 Å². The van der Waals surface area contributed by atoms with Crippen molar-refractivity contribution in [1.82, 2.24) is 9.80 Å². The molecule has 10 heteroatoms. The standard InChI is InChI=1S/C21H19N3O6S/c1-13-4-5-14(10-16(13)24(28)29)17-7-6-15(30-17)11-18-20(26)23(21(27)31-18)12-19(25)22-8-2-3-9-22/h4-7,10-11H,2-3,8-9,12H2,1H3/b18-11+. The largest absolute Gasteiger partial charge is 0.457 e. The first-order valence-corrected chi connectivity index (χ1v) is 10.5. The normalized spacial score (nSPS) is 17.8. The number of thioether (sulfide) groups is 1. The van der Waals surface area contributed by atoms with E-state index in [0.717, 1.165) is 29.5 Å². The predicted octanol–water partition coefficient (Wildman–Crippen LogP) is 3.82. The van der Waals surface area contributed by atoms with E-state index in [9.17, 15) is 24.5 Å². The summed E-state index contributed by atoms with van der Waals surface area (Å²) in [4.78, 5) is 50.7. The van der Waals surface area contributed by atoms with Gasteiger partial charge in [0.1, 0.15) is 18.1 Å². The van der Waals surface area contributed by atoms with Gasteiger partial charge in [-0.15, -0.1) is 0 Å². The maximum absolute atomic E-state index is 12.6. The molecule has 2 aliphatic rings. The van der Waals surface area contributed by atoms with E-state index in [4.69, 9.17) is 4.42 Å². The van der Waals surface area contributed by atoms with E-state index in [-0.39, 0.29) is 23.0 Å². The van der Waals surface area contributed by atoms with Gasteiger partial charge in [0.15, 0.2) is 0 Å². The van der Waals surface area contributed by atoms with Crippen LogP contribution in [-0.2, 0) is 9.59 Å². The number of amides is 3. The first kappa shape index (κ1) is 20.9. The number of carbonyl (C=O) groups is 3. The van der Waals surface area contributed by atoms with E-state index in [1.54, 1.807) is 36.1 Å². The molecule has 9 nitrogen and oxygen atoms in total. The van der Waals surface area contributed by atoms with Crippen LogP contribution in [0.2, 0.25) is 0 Å². The molecule has 0 bridgehead atoms. The lowest BCUT2D eigenvalue weighted by Gasteiger charge is -2.18. The van der Waals surface area contributed by atoms with Gasteiger partial charge in [-0.05, 0) is 43.7 Å². The van der Waals surface area contributed by atoms with Crippen LogP contribution in [0.15, 0.2) is 39.7 Å². The minimum absolute atomic E-state index is 0.0146. The second-order valence-electron chi connectivity index (χ2n) is 7.32. The molecule has 0 saturated carbocycles. The van der Waals surface area contributed by atoms with Crippen LogP contribution >= 0.6 is 11.8 Å². The molecule has 1 aromatic carbocycles. The molecule has 0 radical (unpaired) electrons. The number of nitro groups is 1. The smallest absolute Gasteiger partial charge is 0.294 e. The monoisotopic (exact) mass is 441 g/mol. The predicted molar refractivity (Wildman–Crippen MR) is 114 cm³/mol. The Labute approximate surface area is 181 Å². The van der Waals surface area contributed by atoms with Crippen molar-refractivity contribution < 1.29 is 23.7 Å². The lowest BCUT2D eigenvalue weighted by atomic mass is 10.1. The summed E-state index contributed by atoms with van der Waals surface area (Å²) < 4.78 is 5.72. The Morgan fingerprint density at radius 3 is 2.68 bits per heavy atom. The molecule has 0 atom stereocenters. The number of likely N-dealkylation sites (tertiary alicyclic amines) is 1. The summed E-state index contributed by atoms with van der Waals surface area (Å²) in [6, 6.07) is 8.03. The van der Waals surface area contributed by atoms with Crippen molar-refractivity contribution in [3.05, 3.63) is 56.7 Å². The molecule has 0 unspecified atom stereocenters. The number of hydrogen-bond acceptors (Lipinski definition) is 7. The highest BCUT2D eigenvalue weighted by molar-refractivity contribution is 8.18. The molecule has 160 valence electrons. The maximum atomic E-state index is 12.6. The molecule has 0 aliphatic carbocycles. The molecule has 4 rings (SSSR count). The first-order chi connectivity index (χ1) is 14.8. The van der Waals surface area contributed by atoms with Crippen molar-refractivity contribution in [3.8, 4) is 11.3 Å². The molecular weight excluding hydrogens is 422 g/mol. The number of carbonyl (C=O) groups excluding carboxylic acids is 3. The van der Waals surface area contributed by atoms with Crippen LogP contribution in [0.25, 0.3) is 17.4 Å². The molecule has 3 heterocycles. The van der Waals surface area contributed by atoms with Gasteiger partial charge >= 0.3 is 0 Å². The molecule has 2 fully saturated rings. The Bertz CT molecular complexity index is 1120. The number of nitrogens with zero attached hydrogens (tertiary/aromatic N) is 3. The van der Waals surface area contributed by atoms with Crippen molar-refractivity contribution in [1.29, 1.82) is 0 Å². The van der Waals surface area contributed by atoms with Crippen molar-refractivity contribution in [2.45, 2.75) is 19.8 Å². The Hall–Kier alpha value is -3.40. The Kier molecular flexibility index (Phi) is 5.64. The summed E-state index contributed by atoms with van der Waals surface area (Å²) in [7, 11) is 0. The van der Waals surface area contributed by atoms with E-state index in [1.165, 1.54) is 12.1 Å². The van der Waals surface area contributed by atoms with Crippen LogP contribution in [0.1, 0.15) is 24.2 Å². The number of aryl methyl sites for hydroxylation is 1. The number of nitro benzene ring substituents is 1. The van der Waals surface area contributed by atoms with E-state index in [2.05, 4.69) is 0 Å². The molecule has 3 amide bonds. The molecular formula is C21H19N3O6S. The summed E-state index contributed by atoms with van der Waals surface area (Å²) in [6.07, 6.45) is 3.30. The summed E-state index contributed by atoms with van der Waals surface area (Å²) in [6.45, 7) is 2.69. The number of furan rings is 1. The van der Waals surface area contributed by atoms with Crippen LogP contribution in [0.4, 0.5) is 10.5 Å². The van der Waals surface area contributed by atoms with Crippen molar-refractivity contribution in [3.63, 3.8) is 0 Å². The van der Waals surface area contributed by atoms with Gasteiger partial charge in [-0.1, -0.05) is 12.1 Å². The highest BCUT2D eigenvalue weighted by Gasteiger charge is 2.37. The third kappa shape index (κ3) is 4.24. The number of hydrogen-bond donors (Lipinski definition) is 0. The van der Waals surface area contributed by atoms with Crippen LogP contribution in [-0.4, -0.2) is 51.4 Å². The van der Waals surface area contributed by atoms with Crippen molar-refractivity contribution >= 4 is 40.6 Å². The van der Waals surface area contributed by atoms with E-state index in [1.807, 2.05) is 0 Å². The highest BCUT2D eigenvalue weighted by atomic mass is 32.2. The summed E-state index contributed by atoms with van der Waals surface area (Å²) in [5.41, 5.74) is 1.05. The fourth-order valence-electron chi connectivity index (χ4n) is 3.51. The second-order valence-corrected chi connectivity index (χ2v) is 8.31. The SMILES string of the molecule is Cc1ccc(-c2ccc(/C=C3/SC(=O)N(CC(=O)N4CCCC4)C3=O)o2)cc1[N+](=O)[O-]. The van der Waals surface area contributed by atoms with Crippen LogP contribution < -0.4 is 0 Å². The molecule has 31 heavy (non-hydrogen) atoms. The zero-order chi connectivity index (χ0) is 22.1. The third-order valence-corrected chi connectivity index (χ3v) is 6.12. The summed E-state index contributed by atoms with van der Waals surface area (Å²) >= 11 is 0.753.